The van der Waals surface area contributed by atoms with Gasteiger partial charge in [0.25, 0.3) is 11.6 Å². The lowest BCUT2D eigenvalue weighted by atomic mass is 10.2. The second-order valence-electron chi connectivity index (χ2n) is 6.87. The Bertz CT molecular complexity index is 1010. The number of ether oxygens (including phenoxy) is 1. The Balaban J connectivity index is 1.75. The van der Waals surface area contributed by atoms with Crippen LogP contribution in [-0.4, -0.2) is 48.9 Å². The summed E-state index contributed by atoms with van der Waals surface area (Å²) in [5.74, 6) is -0.497. The second kappa shape index (κ2) is 8.27. The van der Waals surface area contributed by atoms with Crippen LogP contribution in [0.2, 0.25) is 0 Å². The molecule has 2 atom stereocenters. The maximum atomic E-state index is 12.9. The Labute approximate surface area is 168 Å². The summed E-state index contributed by atoms with van der Waals surface area (Å²) in [6.07, 6.45) is -0.401. The maximum absolute atomic E-state index is 12.9. The number of nitro groups is 1. The third kappa shape index (κ3) is 4.78. The van der Waals surface area contributed by atoms with Crippen molar-refractivity contribution in [2.75, 3.05) is 18.4 Å². The van der Waals surface area contributed by atoms with E-state index in [1.54, 1.807) is 0 Å². The topological polar surface area (TPSA) is 119 Å². The number of rotatable bonds is 5. The van der Waals surface area contributed by atoms with Crippen molar-refractivity contribution in [1.29, 1.82) is 0 Å². The van der Waals surface area contributed by atoms with E-state index < -0.39 is 20.9 Å². The molecular weight excluding hydrogens is 398 g/mol. The van der Waals surface area contributed by atoms with Crippen LogP contribution >= 0.6 is 0 Å². The minimum atomic E-state index is -3.70. The van der Waals surface area contributed by atoms with E-state index in [1.807, 2.05) is 13.8 Å². The second-order valence-corrected chi connectivity index (χ2v) is 8.80. The highest BCUT2D eigenvalue weighted by Gasteiger charge is 2.32. The van der Waals surface area contributed by atoms with Gasteiger partial charge in [0.15, 0.2) is 0 Å². The molecule has 1 aliphatic rings. The number of sulfonamides is 1. The highest BCUT2D eigenvalue weighted by atomic mass is 32.2. The van der Waals surface area contributed by atoms with Gasteiger partial charge in [0.1, 0.15) is 0 Å². The molecule has 1 heterocycles. The highest BCUT2D eigenvalue weighted by molar-refractivity contribution is 7.89. The van der Waals surface area contributed by atoms with Crippen molar-refractivity contribution in [3.63, 3.8) is 0 Å². The third-order valence-corrected chi connectivity index (χ3v) is 6.30. The molecule has 2 aromatic rings. The summed E-state index contributed by atoms with van der Waals surface area (Å²) in [6.45, 7) is 4.17. The molecule has 0 aliphatic carbocycles. The Morgan fingerprint density at radius 1 is 1.14 bits per heavy atom. The number of nitrogens with one attached hydrogen (secondary N) is 1. The lowest BCUT2D eigenvalue weighted by Crippen LogP contribution is -2.48. The van der Waals surface area contributed by atoms with E-state index in [4.69, 9.17) is 4.74 Å². The minimum Gasteiger partial charge on any atom is -0.373 e. The molecule has 10 heteroatoms. The van der Waals surface area contributed by atoms with E-state index in [1.165, 1.54) is 52.8 Å². The molecular formula is C19H21N3O6S. The van der Waals surface area contributed by atoms with Crippen molar-refractivity contribution in [3.8, 4) is 0 Å². The largest absolute Gasteiger partial charge is 0.373 e. The molecule has 1 amide bonds. The van der Waals surface area contributed by atoms with Gasteiger partial charge in [0.05, 0.1) is 22.0 Å². The Kier molecular flexibility index (Phi) is 5.96. The van der Waals surface area contributed by atoms with Crippen LogP contribution in [0.15, 0.2) is 53.4 Å². The van der Waals surface area contributed by atoms with Crippen LogP contribution in [-0.2, 0) is 14.8 Å². The number of amides is 1. The Hall–Kier alpha value is -2.82. The van der Waals surface area contributed by atoms with Crippen molar-refractivity contribution >= 4 is 27.3 Å². The first-order valence-corrected chi connectivity index (χ1v) is 10.4. The quantitative estimate of drug-likeness (QED) is 0.588. The number of carbonyl (C=O) groups excluding carboxylic acids is 1. The van der Waals surface area contributed by atoms with Crippen LogP contribution in [0.25, 0.3) is 0 Å². The number of carbonyl (C=O) groups is 1. The molecule has 1 fully saturated rings. The molecule has 3 rings (SSSR count). The number of morpholine rings is 1. The summed E-state index contributed by atoms with van der Waals surface area (Å²) in [5.41, 5.74) is 0.370. The molecule has 2 aromatic carbocycles. The molecule has 0 spiro atoms. The van der Waals surface area contributed by atoms with Crippen molar-refractivity contribution in [3.05, 3.63) is 64.2 Å². The van der Waals surface area contributed by atoms with Gasteiger partial charge in [-0.25, -0.2) is 8.42 Å². The summed E-state index contributed by atoms with van der Waals surface area (Å²) in [6, 6.07) is 11.1. The molecule has 29 heavy (non-hydrogen) atoms. The zero-order valence-corrected chi connectivity index (χ0v) is 16.8. The number of benzene rings is 2. The smallest absolute Gasteiger partial charge is 0.271 e. The lowest BCUT2D eigenvalue weighted by molar-refractivity contribution is -0.384. The van der Waals surface area contributed by atoms with Gasteiger partial charge in [-0.3, -0.25) is 14.9 Å². The van der Waals surface area contributed by atoms with Gasteiger partial charge >= 0.3 is 0 Å². The van der Waals surface area contributed by atoms with E-state index in [-0.39, 0.29) is 47.1 Å². The monoisotopic (exact) mass is 419 g/mol. The molecule has 0 bridgehead atoms. The van der Waals surface area contributed by atoms with Crippen molar-refractivity contribution in [2.45, 2.75) is 31.0 Å². The minimum absolute atomic E-state index is 0.0886. The standard InChI is InChI=1S/C19H21N3O6S/c1-13-11-21(12-14(2)28-13)29(26,27)18-8-6-15(7-9-18)19(23)20-16-4-3-5-17(10-16)22(24)25/h3-10,13-14H,11-12H2,1-2H3,(H,20,23)/t13-,14-/m0/s1. The Morgan fingerprint density at radius 3 is 2.34 bits per heavy atom. The number of nitro benzene ring substituents is 1. The van der Waals surface area contributed by atoms with Crippen molar-refractivity contribution in [1.82, 2.24) is 4.31 Å². The van der Waals surface area contributed by atoms with Gasteiger partial charge < -0.3 is 10.1 Å². The van der Waals surface area contributed by atoms with Crippen LogP contribution in [0.5, 0.6) is 0 Å². The van der Waals surface area contributed by atoms with Crippen LogP contribution in [0, 0.1) is 10.1 Å². The maximum Gasteiger partial charge on any atom is 0.271 e. The number of hydrogen-bond donors (Lipinski definition) is 1. The molecule has 0 radical (unpaired) electrons. The molecule has 0 saturated carbocycles. The normalized spacial score (nSPS) is 20.2. The van der Waals surface area contributed by atoms with Gasteiger partial charge in [-0.05, 0) is 44.2 Å². The van der Waals surface area contributed by atoms with Gasteiger partial charge in [0, 0.05) is 36.5 Å². The molecule has 0 unspecified atom stereocenters. The summed E-state index contributed by atoms with van der Waals surface area (Å²) in [5, 5.41) is 13.4. The Morgan fingerprint density at radius 2 is 1.76 bits per heavy atom. The fraction of sp³-hybridized carbons (Fsp3) is 0.316. The first-order valence-electron chi connectivity index (χ1n) is 8.98. The number of hydrogen-bond acceptors (Lipinski definition) is 6. The zero-order chi connectivity index (χ0) is 21.2. The van der Waals surface area contributed by atoms with Crippen molar-refractivity contribution < 1.29 is 22.9 Å². The molecule has 1 saturated heterocycles. The number of non-ortho nitro benzene ring substituents is 1. The fourth-order valence-corrected chi connectivity index (χ4v) is 4.75. The van der Waals surface area contributed by atoms with E-state index in [0.29, 0.717) is 0 Å². The van der Waals surface area contributed by atoms with Crippen LogP contribution < -0.4 is 5.32 Å². The SMILES string of the molecule is C[C@H]1CN(S(=O)(=O)c2ccc(C(=O)Nc3cccc([N+](=O)[O-])c3)cc2)C[C@H](C)O1. The van der Waals surface area contributed by atoms with E-state index in [9.17, 15) is 23.3 Å². The van der Waals surface area contributed by atoms with E-state index in [0.717, 1.165) is 0 Å². The number of anilines is 1. The van der Waals surface area contributed by atoms with Gasteiger partial charge in [-0.2, -0.15) is 4.31 Å². The van der Waals surface area contributed by atoms with Crippen LogP contribution in [0.4, 0.5) is 11.4 Å². The summed E-state index contributed by atoms with van der Waals surface area (Å²) in [7, 11) is -3.70. The highest BCUT2D eigenvalue weighted by Crippen LogP contribution is 2.22. The average Bonchev–Trinajstić information content (AvgIpc) is 2.67. The van der Waals surface area contributed by atoms with Crippen molar-refractivity contribution in [2.24, 2.45) is 0 Å². The molecule has 0 aromatic heterocycles. The average molecular weight is 419 g/mol. The predicted octanol–water partition coefficient (Wildman–Crippen LogP) is 2.65. The van der Waals surface area contributed by atoms with E-state index in [2.05, 4.69) is 5.32 Å². The van der Waals surface area contributed by atoms with Gasteiger partial charge in [-0.15, -0.1) is 0 Å². The van der Waals surface area contributed by atoms with E-state index >= 15 is 0 Å². The molecule has 1 N–H and O–H groups in total. The summed E-state index contributed by atoms with van der Waals surface area (Å²) >= 11 is 0. The fourth-order valence-electron chi connectivity index (χ4n) is 3.15. The van der Waals surface area contributed by atoms with Gasteiger partial charge in [-0.1, -0.05) is 6.07 Å². The van der Waals surface area contributed by atoms with Crippen LogP contribution in [0.1, 0.15) is 24.2 Å². The predicted molar refractivity (Wildman–Crippen MR) is 106 cm³/mol. The molecule has 1 aliphatic heterocycles. The first kappa shape index (κ1) is 20.9. The molecule has 9 nitrogen and oxygen atoms in total. The molecule has 154 valence electrons. The van der Waals surface area contributed by atoms with Gasteiger partial charge in [0.2, 0.25) is 10.0 Å². The summed E-state index contributed by atoms with van der Waals surface area (Å²) < 4.78 is 32.7. The van der Waals surface area contributed by atoms with Crippen LogP contribution in [0.3, 0.4) is 0 Å². The third-order valence-electron chi connectivity index (χ3n) is 4.46. The lowest BCUT2D eigenvalue weighted by Gasteiger charge is -2.34. The summed E-state index contributed by atoms with van der Waals surface area (Å²) in [4.78, 5) is 22.8. The first-order chi connectivity index (χ1) is 13.7. The number of nitrogens with zero attached hydrogens (tertiary/aromatic N) is 2. The zero-order valence-electron chi connectivity index (χ0n) is 15.9.